The lowest BCUT2D eigenvalue weighted by atomic mass is 10.0. The van der Waals surface area contributed by atoms with Gasteiger partial charge in [0, 0.05) is 15.4 Å². The first-order valence-corrected chi connectivity index (χ1v) is 7.31. The Morgan fingerprint density at radius 2 is 2.22 bits per heavy atom. The van der Waals surface area contributed by atoms with E-state index in [1.165, 1.54) is 17.4 Å². The largest absolute Gasteiger partial charge is 0.320 e. The Labute approximate surface area is 118 Å². The third-order valence-corrected chi connectivity index (χ3v) is 4.55. The number of nitrogens with zero attached hydrogens (tertiary/aromatic N) is 1. The molecule has 18 heavy (non-hydrogen) atoms. The number of aromatic nitrogens is 1. The standard InChI is InChI=1S/C13H14BrFN2S/c1-3-13(2,16)12-17-11(7-18-12)9-6-8(14)4-5-10(9)15/h4-7H,3,16H2,1-2H3. The van der Waals surface area contributed by atoms with Crippen molar-refractivity contribution in [3.05, 3.63) is 38.9 Å². The van der Waals surface area contributed by atoms with Gasteiger partial charge in [-0.3, -0.25) is 0 Å². The van der Waals surface area contributed by atoms with Gasteiger partial charge in [-0.05, 0) is 31.5 Å². The molecule has 1 heterocycles. The van der Waals surface area contributed by atoms with E-state index in [0.717, 1.165) is 15.9 Å². The third kappa shape index (κ3) is 2.63. The number of thiazole rings is 1. The molecule has 2 aromatic rings. The summed E-state index contributed by atoms with van der Waals surface area (Å²) in [6, 6.07) is 4.83. The van der Waals surface area contributed by atoms with Crippen molar-refractivity contribution in [2.45, 2.75) is 25.8 Å². The second-order valence-electron chi connectivity index (χ2n) is 4.43. The van der Waals surface area contributed by atoms with E-state index in [2.05, 4.69) is 20.9 Å². The van der Waals surface area contributed by atoms with E-state index >= 15 is 0 Å². The minimum Gasteiger partial charge on any atom is -0.320 e. The maximum Gasteiger partial charge on any atom is 0.132 e. The van der Waals surface area contributed by atoms with Crippen LogP contribution < -0.4 is 5.73 Å². The molecule has 96 valence electrons. The summed E-state index contributed by atoms with van der Waals surface area (Å²) in [6.07, 6.45) is 0.793. The highest BCUT2D eigenvalue weighted by Gasteiger charge is 2.23. The average Bonchev–Trinajstić information content (AvgIpc) is 2.82. The number of hydrogen-bond acceptors (Lipinski definition) is 3. The van der Waals surface area contributed by atoms with Crippen LogP contribution in [0.5, 0.6) is 0 Å². The van der Waals surface area contributed by atoms with Gasteiger partial charge >= 0.3 is 0 Å². The highest BCUT2D eigenvalue weighted by molar-refractivity contribution is 9.10. The van der Waals surface area contributed by atoms with E-state index in [-0.39, 0.29) is 5.82 Å². The lowest BCUT2D eigenvalue weighted by molar-refractivity contribution is 0.474. The number of benzene rings is 1. The summed E-state index contributed by atoms with van der Waals surface area (Å²) >= 11 is 4.81. The quantitative estimate of drug-likeness (QED) is 0.912. The summed E-state index contributed by atoms with van der Waals surface area (Å²) in [7, 11) is 0. The van der Waals surface area contributed by atoms with Crippen LogP contribution in [-0.4, -0.2) is 4.98 Å². The van der Waals surface area contributed by atoms with E-state index in [9.17, 15) is 4.39 Å². The predicted molar refractivity (Wildman–Crippen MR) is 77.0 cm³/mol. The first-order chi connectivity index (χ1) is 8.44. The zero-order chi connectivity index (χ0) is 13.3. The van der Waals surface area contributed by atoms with Crippen molar-refractivity contribution < 1.29 is 4.39 Å². The smallest absolute Gasteiger partial charge is 0.132 e. The van der Waals surface area contributed by atoms with Crippen molar-refractivity contribution in [3.8, 4) is 11.3 Å². The Bertz CT molecular complexity index is 566. The molecular weight excluding hydrogens is 315 g/mol. The van der Waals surface area contributed by atoms with Gasteiger partial charge in [-0.1, -0.05) is 22.9 Å². The number of nitrogens with two attached hydrogens (primary N) is 1. The number of rotatable bonds is 3. The maximum absolute atomic E-state index is 13.8. The summed E-state index contributed by atoms with van der Waals surface area (Å²) in [5.41, 5.74) is 6.83. The summed E-state index contributed by atoms with van der Waals surface area (Å²) in [5, 5.41) is 2.68. The Kier molecular flexibility index (Phi) is 3.84. The lowest BCUT2D eigenvalue weighted by Gasteiger charge is -2.18. The van der Waals surface area contributed by atoms with E-state index in [1.807, 2.05) is 19.2 Å². The molecule has 2 rings (SSSR count). The minimum atomic E-state index is -0.453. The maximum atomic E-state index is 13.8. The van der Waals surface area contributed by atoms with Crippen LogP contribution >= 0.6 is 27.3 Å². The fourth-order valence-electron chi connectivity index (χ4n) is 1.50. The van der Waals surface area contributed by atoms with Gasteiger partial charge in [0.25, 0.3) is 0 Å². The SMILES string of the molecule is CCC(C)(N)c1nc(-c2cc(Br)ccc2F)cs1. The van der Waals surface area contributed by atoms with Crippen LogP contribution in [0.2, 0.25) is 0 Å². The molecule has 1 unspecified atom stereocenters. The fourth-order valence-corrected chi connectivity index (χ4v) is 2.83. The lowest BCUT2D eigenvalue weighted by Crippen LogP contribution is -2.31. The molecule has 0 saturated heterocycles. The monoisotopic (exact) mass is 328 g/mol. The molecule has 2 nitrogen and oxygen atoms in total. The molecule has 0 bridgehead atoms. The molecule has 0 spiro atoms. The Morgan fingerprint density at radius 3 is 2.89 bits per heavy atom. The predicted octanol–water partition coefficient (Wildman–Crippen LogP) is 4.30. The van der Waals surface area contributed by atoms with Crippen LogP contribution in [0.25, 0.3) is 11.3 Å². The molecule has 1 aromatic heterocycles. The summed E-state index contributed by atoms with van der Waals surface area (Å²) < 4.78 is 14.6. The molecule has 1 atom stereocenters. The van der Waals surface area contributed by atoms with E-state index in [1.54, 1.807) is 12.1 Å². The topological polar surface area (TPSA) is 38.9 Å². The van der Waals surface area contributed by atoms with E-state index in [4.69, 9.17) is 5.73 Å². The molecule has 5 heteroatoms. The van der Waals surface area contributed by atoms with Crippen molar-refractivity contribution in [3.63, 3.8) is 0 Å². The highest BCUT2D eigenvalue weighted by Crippen LogP contribution is 2.31. The molecule has 0 amide bonds. The second-order valence-corrected chi connectivity index (χ2v) is 6.21. The molecule has 0 aliphatic carbocycles. The van der Waals surface area contributed by atoms with Crippen molar-refractivity contribution >= 4 is 27.3 Å². The van der Waals surface area contributed by atoms with Gasteiger partial charge in [-0.15, -0.1) is 11.3 Å². The summed E-state index contributed by atoms with van der Waals surface area (Å²) in [5.74, 6) is -0.273. The van der Waals surface area contributed by atoms with Gasteiger partial charge < -0.3 is 5.73 Å². The van der Waals surface area contributed by atoms with Gasteiger partial charge in [0.05, 0.1) is 11.2 Å². The molecule has 0 saturated carbocycles. The normalized spacial score (nSPS) is 14.5. The summed E-state index contributed by atoms with van der Waals surface area (Å²) in [6.45, 7) is 3.95. The molecule has 0 radical (unpaired) electrons. The van der Waals surface area contributed by atoms with Crippen molar-refractivity contribution in [2.24, 2.45) is 5.73 Å². The Balaban J connectivity index is 2.44. The minimum absolute atomic E-state index is 0.273. The Morgan fingerprint density at radius 1 is 1.50 bits per heavy atom. The van der Waals surface area contributed by atoms with Gasteiger partial charge in [-0.25, -0.2) is 9.37 Å². The zero-order valence-corrected chi connectivity index (χ0v) is 12.6. The van der Waals surface area contributed by atoms with Crippen molar-refractivity contribution in [1.82, 2.24) is 4.98 Å². The van der Waals surface area contributed by atoms with Crippen LogP contribution in [0, 0.1) is 5.82 Å². The van der Waals surface area contributed by atoms with E-state index in [0.29, 0.717) is 11.3 Å². The highest BCUT2D eigenvalue weighted by atomic mass is 79.9. The van der Waals surface area contributed by atoms with E-state index < -0.39 is 5.54 Å². The van der Waals surface area contributed by atoms with Crippen LogP contribution in [0.1, 0.15) is 25.3 Å². The zero-order valence-electron chi connectivity index (χ0n) is 10.2. The van der Waals surface area contributed by atoms with Crippen molar-refractivity contribution in [1.29, 1.82) is 0 Å². The van der Waals surface area contributed by atoms with Crippen LogP contribution in [-0.2, 0) is 5.54 Å². The first kappa shape index (κ1) is 13.6. The Hall–Kier alpha value is -0.780. The van der Waals surface area contributed by atoms with Gasteiger partial charge in [0.2, 0.25) is 0 Å². The third-order valence-electron chi connectivity index (χ3n) is 2.93. The van der Waals surface area contributed by atoms with Crippen LogP contribution in [0.3, 0.4) is 0 Å². The molecule has 0 fully saturated rings. The molecule has 0 aliphatic heterocycles. The fraction of sp³-hybridized carbons (Fsp3) is 0.308. The molecule has 2 N–H and O–H groups in total. The van der Waals surface area contributed by atoms with Crippen LogP contribution in [0.4, 0.5) is 4.39 Å². The van der Waals surface area contributed by atoms with Gasteiger partial charge in [0.15, 0.2) is 0 Å². The summed E-state index contributed by atoms with van der Waals surface area (Å²) in [4.78, 5) is 4.46. The molecule has 0 aliphatic rings. The number of hydrogen-bond donors (Lipinski definition) is 1. The van der Waals surface area contributed by atoms with Crippen molar-refractivity contribution in [2.75, 3.05) is 0 Å². The first-order valence-electron chi connectivity index (χ1n) is 5.64. The molecular formula is C13H14BrFN2S. The second kappa shape index (κ2) is 5.07. The number of halogens is 2. The molecule has 1 aromatic carbocycles. The van der Waals surface area contributed by atoms with Crippen LogP contribution in [0.15, 0.2) is 28.1 Å². The van der Waals surface area contributed by atoms with Gasteiger partial charge in [0.1, 0.15) is 10.8 Å². The van der Waals surface area contributed by atoms with Gasteiger partial charge in [-0.2, -0.15) is 0 Å². The average molecular weight is 329 g/mol.